The highest BCUT2D eigenvalue weighted by Crippen LogP contribution is 2.12. The lowest BCUT2D eigenvalue weighted by Crippen LogP contribution is -2.26. The Morgan fingerprint density at radius 2 is 2.07 bits per heavy atom. The number of methoxy groups -OCH3 is 1. The minimum Gasteiger partial charge on any atom is -0.380 e. The van der Waals surface area contributed by atoms with E-state index in [1.165, 1.54) is 0 Å². The van der Waals surface area contributed by atoms with Crippen LogP contribution < -0.4 is 5.32 Å². The van der Waals surface area contributed by atoms with Crippen LogP contribution in [0.25, 0.3) is 0 Å². The van der Waals surface area contributed by atoms with Crippen molar-refractivity contribution < 1.29 is 4.74 Å². The summed E-state index contributed by atoms with van der Waals surface area (Å²) in [6.45, 7) is 6.94. The first kappa shape index (κ1) is 11.0. The zero-order valence-electron chi connectivity index (χ0n) is 9.29. The quantitative estimate of drug-likeness (QED) is 0.802. The molecule has 3 nitrogen and oxygen atoms in total. The van der Waals surface area contributed by atoms with Crippen molar-refractivity contribution in [2.45, 2.75) is 32.9 Å². The number of rotatable bonds is 3. The summed E-state index contributed by atoms with van der Waals surface area (Å²) in [6, 6.07) is 3.99. The fraction of sp³-hybridized carbons (Fsp3) is 0.545. The second-order valence-electron chi connectivity index (χ2n) is 4.36. The monoisotopic (exact) mass is 194 g/mol. The van der Waals surface area contributed by atoms with Crippen molar-refractivity contribution in [2.24, 2.45) is 0 Å². The van der Waals surface area contributed by atoms with Crippen molar-refractivity contribution in [2.75, 3.05) is 12.4 Å². The third-order valence-corrected chi connectivity index (χ3v) is 1.64. The summed E-state index contributed by atoms with van der Waals surface area (Å²) >= 11 is 0. The molecule has 1 aromatic rings. The maximum absolute atomic E-state index is 5.01. The second-order valence-corrected chi connectivity index (χ2v) is 4.36. The lowest BCUT2D eigenvalue weighted by molar-refractivity contribution is 0.184. The molecule has 0 amide bonds. The van der Waals surface area contributed by atoms with Crippen LogP contribution in [-0.2, 0) is 11.3 Å². The minimum atomic E-state index is 0.0514. The van der Waals surface area contributed by atoms with Gasteiger partial charge in [0.15, 0.2) is 0 Å². The molecule has 0 saturated carbocycles. The van der Waals surface area contributed by atoms with Gasteiger partial charge in [-0.1, -0.05) is 6.07 Å². The molecule has 0 aliphatic rings. The molecular weight excluding hydrogens is 176 g/mol. The normalized spacial score (nSPS) is 11.4. The molecule has 0 aliphatic carbocycles. The number of pyridine rings is 1. The number of nitrogens with zero attached hydrogens (tertiary/aromatic N) is 1. The van der Waals surface area contributed by atoms with Gasteiger partial charge in [-0.3, -0.25) is 0 Å². The van der Waals surface area contributed by atoms with Crippen molar-refractivity contribution >= 4 is 5.82 Å². The molecule has 0 radical (unpaired) electrons. The molecule has 1 aromatic heterocycles. The van der Waals surface area contributed by atoms with E-state index in [0.29, 0.717) is 6.61 Å². The Morgan fingerprint density at radius 1 is 1.36 bits per heavy atom. The first-order chi connectivity index (χ1) is 6.51. The molecular formula is C11H18N2O. The highest BCUT2D eigenvalue weighted by molar-refractivity contribution is 5.37. The second kappa shape index (κ2) is 4.42. The summed E-state index contributed by atoms with van der Waals surface area (Å²) in [7, 11) is 1.68. The van der Waals surface area contributed by atoms with E-state index >= 15 is 0 Å². The van der Waals surface area contributed by atoms with E-state index in [-0.39, 0.29) is 5.54 Å². The Hall–Kier alpha value is -1.09. The molecule has 0 saturated heterocycles. The largest absolute Gasteiger partial charge is 0.380 e. The molecule has 1 N–H and O–H groups in total. The average Bonchev–Trinajstić information content (AvgIpc) is 2.06. The molecule has 14 heavy (non-hydrogen) atoms. The third kappa shape index (κ3) is 3.75. The summed E-state index contributed by atoms with van der Waals surface area (Å²) < 4.78 is 5.01. The van der Waals surface area contributed by atoms with Crippen LogP contribution in [-0.4, -0.2) is 17.6 Å². The number of anilines is 1. The van der Waals surface area contributed by atoms with E-state index in [0.717, 1.165) is 11.4 Å². The lowest BCUT2D eigenvalue weighted by Gasteiger charge is -2.21. The van der Waals surface area contributed by atoms with Gasteiger partial charge in [0.05, 0.1) is 6.61 Å². The van der Waals surface area contributed by atoms with E-state index in [1.807, 2.05) is 18.3 Å². The van der Waals surface area contributed by atoms with Crippen LogP contribution in [0.2, 0.25) is 0 Å². The molecule has 78 valence electrons. The fourth-order valence-corrected chi connectivity index (χ4v) is 1.13. The van der Waals surface area contributed by atoms with Crippen LogP contribution >= 0.6 is 0 Å². The van der Waals surface area contributed by atoms with Crippen molar-refractivity contribution in [1.29, 1.82) is 0 Å². The van der Waals surface area contributed by atoms with Crippen LogP contribution in [0.1, 0.15) is 26.3 Å². The number of aromatic nitrogens is 1. The topological polar surface area (TPSA) is 34.1 Å². The Morgan fingerprint density at radius 3 is 2.50 bits per heavy atom. The predicted molar refractivity (Wildman–Crippen MR) is 58.3 cm³/mol. The average molecular weight is 194 g/mol. The maximum Gasteiger partial charge on any atom is 0.126 e. The summed E-state index contributed by atoms with van der Waals surface area (Å²) in [5, 5.41) is 3.30. The van der Waals surface area contributed by atoms with Gasteiger partial charge in [0.1, 0.15) is 5.82 Å². The fourth-order valence-electron chi connectivity index (χ4n) is 1.13. The maximum atomic E-state index is 5.01. The Balaban J connectivity index is 2.64. The molecule has 1 heterocycles. The molecule has 3 heteroatoms. The first-order valence-corrected chi connectivity index (χ1v) is 4.73. The predicted octanol–water partition coefficient (Wildman–Crippen LogP) is 2.44. The molecule has 1 rings (SSSR count). The van der Waals surface area contributed by atoms with Crippen molar-refractivity contribution in [3.05, 3.63) is 23.9 Å². The summed E-state index contributed by atoms with van der Waals surface area (Å²) in [5.41, 5.74) is 1.14. The van der Waals surface area contributed by atoms with Crippen molar-refractivity contribution in [3.63, 3.8) is 0 Å². The van der Waals surface area contributed by atoms with Gasteiger partial charge < -0.3 is 10.1 Å². The van der Waals surface area contributed by atoms with Crippen LogP contribution in [0.3, 0.4) is 0 Å². The number of ether oxygens (including phenoxy) is 1. The standard InChI is InChI=1S/C11H18N2O/c1-11(2,3)13-10-6-5-9(7-12-10)8-14-4/h5-7H,8H2,1-4H3,(H,12,13). The number of hydrogen-bond acceptors (Lipinski definition) is 3. The molecule has 0 aromatic carbocycles. The van der Waals surface area contributed by atoms with Crippen LogP contribution in [0.4, 0.5) is 5.82 Å². The van der Waals surface area contributed by atoms with E-state index in [1.54, 1.807) is 7.11 Å². The highest BCUT2D eigenvalue weighted by Gasteiger charge is 2.09. The van der Waals surface area contributed by atoms with Crippen LogP contribution in [0.5, 0.6) is 0 Å². The van der Waals surface area contributed by atoms with E-state index < -0.39 is 0 Å². The lowest BCUT2D eigenvalue weighted by atomic mass is 10.1. The molecule has 0 bridgehead atoms. The Kier molecular flexibility index (Phi) is 3.47. The molecule has 0 aliphatic heterocycles. The molecule has 0 fully saturated rings. The molecule has 0 atom stereocenters. The van der Waals surface area contributed by atoms with Crippen LogP contribution in [0, 0.1) is 0 Å². The summed E-state index contributed by atoms with van der Waals surface area (Å²) in [4.78, 5) is 4.29. The van der Waals surface area contributed by atoms with Crippen molar-refractivity contribution in [3.8, 4) is 0 Å². The first-order valence-electron chi connectivity index (χ1n) is 4.73. The smallest absolute Gasteiger partial charge is 0.126 e. The Bertz CT molecular complexity index is 274. The van der Waals surface area contributed by atoms with Gasteiger partial charge in [-0.2, -0.15) is 0 Å². The van der Waals surface area contributed by atoms with E-state index in [2.05, 4.69) is 31.1 Å². The Labute approximate surface area is 85.5 Å². The van der Waals surface area contributed by atoms with Crippen LogP contribution in [0.15, 0.2) is 18.3 Å². The van der Waals surface area contributed by atoms with E-state index in [9.17, 15) is 0 Å². The molecule has 0 unspecified atom stereocenters. The van der Waals surface area contributed by atoms with Gasteiger partial charge in [-0.25, -0.2) is 4.98 Å². The van der Waals surface area contributed by atoms with Gasteiger partial charge in [-0.05, 0) is 32.4 Å². The molecule has 0 spiro atoms. The SMILES string of the molecule is COCc1ccc(NC(C)(C)C)nc1. The number of nitrogens with one attached hydrogen (secondary N) is 1. The summed E-state index contributed by atoms with van der Waals surface area (Å²) in [5.74, 6) is 0.900. The van der Waals surface area contributed by atoms with Gasteiger partial charge >= 0.3 is 0 Å². The summed E-state index contributed by atoms with van der Waals surface area (Å²) in [6.07, 6.45) is 1.83. The zero-order valence-corrected chi connectivity index (χ0v) is 9.29. The van der Waals surface area contributed by atoms with Gasteiger partial charge in [0, 0.05) is 18.8 Å². The third-order valence-electron chi connectivity index (χ3n) is 1.64. The van der Waals surface area contributed by atoms with Crippen molar-refractivity contribution in [1.82, 2.24) is 4.98 Å². The van der Waals surface area contributed by atoms with Gasteiger partial charge in [-0.15, -0.1) is 0 Å². The highest BCUT2D eigenvalue weighted by atomic mass is 16.5. The van der Waals surface area contributed by atoms with Gasteiger partial charge in [0.25, 0.3) is 0 Å². The number of hydrogen-bond donors (Lipinski definition) is 1. The minimum absolute atomic E-state index is 0.0514. The van der Waals surface area contributed by atoms with Gasteiger partial charge in [0.2, 0.25) is 0 Å². The van der Waals surface area contributed by atoms with E-state index in [4.69, 9.17) is 4.74 Å². The zero-order chi connectivity index (χ0) is 10.6.